The number of amides is 3. The summed E-state index contributed by atoms with van der Waals surface area (Å²) in [5, 5.41) is 12.0. The summed E-state index contributed by atoms with van der Waals surface area (Å²) in [5.74, 6) is -0.861. The van der Waals surface area contributed by atoms with Gasteiger partial charge in [-0.25, -0.2) is 9.67 Å². The predicted molar refractivity (Wildman–Crippen MR) is 110 cm³/mol. The molecular formula is C19H20N6O3S. The fourth-order valence-corrected chi connectivity index (χ4v) is 3.21. The fourth-order valence-electron chi connectivity index (χ4n) is 2.43. The highest BCUT2D eigenvalue weighted by atomic mass is 32.1. The van der Waals surface area contributed by atoms with Crippen LogP contribution in [0.3, 0.4) is 0 Å². The lowest BCUT2D eigenvalue weighted by atomic mass is 10.2. The molecule has 0 bridgehead atoms. The molecule has 3 rings (SSSR count). The number of hydrogen-bond donors (Lipinski definition) is 3. The minimum Gasteiger partial charge on any atom is -0.342 e. The number of anilines is 2. The molecule has 0 aliphatic rings. The molecule has 150 valence electrons. The average Bonchev–Trinajstić information content (AvgIpc) is 3.39. The molecular weight excluding hydrogens is 392 g/mol. The predicted octanol–water partition coefficient (Wildman–Crippen LogP) is 2.22. The largest absolute Gasteiger partial charge is 0.342 e. The first-order valence-electron chi connectivity index (χ1n) is 8.82. The Bertz CT molecular complexity index is 997. The SMILES string of the molecule is Cc1ccc(C(=O)NCC(=O)Nc2ccc(NC(=O)[C@@H](C)n3cncn3)cc2)s1. The molecule has 0 radical (unpaired) electrons. The van der Waals surface area contributed by atoms with Gasteiger partial charge >= 0.3 is 0 Å². The van der Waals surface area contributed by atoms with E-state index in [1.54, 1.807) is 37.3 Å². The van der Waals surface area contributed by atoms with Crippen LogP contribution in [0.1, 0.15) is 27.5 Å². The molecule has 0 saturated carbocycles. The molecule has 29 heavy (non-hydrogen) atoms. The number of carbonyl (C=O) groups is 3. The van der Waals surface area contributed by atoms with Crippen LogP contribution in [-0.4, -0.2) is 39.0 Å². The standard InChI is InChI=1S/C19H20N6O3S/c1-12-3-8-16(29-12)19(28)21-9-17(26)23-14-4-6-15(7-5-14)24-18(27)13(2)25-11-20-10-22-25/h3-8,10-11,13H,9H2,1-2H3,(H,21,28)(H,23,26)(H,24,27)/t13-/m1/s1. The molecule has 0 saturated heterocycles. The van der Waals surface area contributed by atoms with Crippen LogP contribution in [0.5, 0.6) is 0 Å². The molecule has 2 heterocycles. The molecule has 0 aliphatic heterocycles. The number of aryl methyl sites for hydroxylation is 1. The van der Waals surface area contributed by atoms with Gasteiger partial charge in [0.2, 0.25) is 11.8 Å². The van der Waals surface area contributed by atoms with Crippen molar-refractivity contribution in [2.24, 2.45) is 0 Å². The van der Waals surface area contributed by atoms with Crippen LogP contribution in [0.25, 0.3) is 0 Å². The lowest BCUT2D eigenvalue weighted by molar-refractivity contribution is -0.119. The highest BCUT2D eigenvalue weighted by molar-refractivity contribution is 7.13. The summed E-state index contributed by atoms with van der Waals surface area (Å²) in [7, 11) is 0. The van der Waals surface area contributed by atoms with Crippen molar-refractivity contribution in [2.45, 2.75) is 19.9 Å². The third-order valence-corrected chi connectivity index (χ3v) is 5.02. The Labute approximate surface area is 171 Å². The lowest BCUT2D eigenvalue weighted by Gasteiger charge is -2.12. The van der Waals surface area contributed by atoms with E-state index in [0.29, 0.717) is 16.3 Å². The van der Waals surface area contributed by atoms with Crippen molar-refractivity contribution in [1.82, 2.24) is 20.1 Å². The topological polar surface area (TPSA) is 118 Å². The number of nitrogens with one attached hydrogen (secondary N) is 3. The van der Waals surface area contributed by atoms with Crippen LogP contribution in [0, 0.1) is 6.92 Å². The van der Waals surface area contributed by atoms with Crippen molar-refractivity contribution in [3.8, 4) is 0 Å². The second-order valence-electron chi connectivity index (χ2n) is 6.26. The number of rotatable bonds is 7. The van der Waals surface area contributed by atoms with Crippen molar-refractivity contribution in [1.29, 1.82) is 0 Å². The smallest absolute Gasteiger partial charge is 0.261 e. The molecule has 3 N–H and O–H groups in total. The van der Waals surface area contributed by atoms with Crippen LogP contribution >= 0.6 is 11.3 Å². The maximum Gasteiger partial charge on any atom is 0.261 e. The summed E-state index contributed by atoms with van der Waals surface area (Å²) in [6.07, 6.45) is 2.84. The van der Waals surface area contributed by atoms with E-state index in [0.717, 1.165) is 4.88 Å². The Morgan fingerprint density at radius 3 is 2.34 bits per heavy atom. The van der Waals surface area contributed by atoms with Gasteiger partial charge in [0.05, 0.1) is 11.4 Å². The molecule has 0 fully saturated rings. The second kappa shape index (κ2) is 9.11. The molecule has 0 aliphatic carbocycles. The molecule has 3 aromatic rings. The normalized spacial score (nSPS) is 11.5. The van der Waals surface area contributed by atoms with E-state index < -0.39 is 6.04 Å². The number of aromatic nitrogens is 3. The Hall–Kier alpha value is -3.53. The van der Waals surface area contributed by atoms with E-state index in [-0.39, 0.29) is 24.3 Å². The van der Waals surface area contributed by atoms with E-state index in [1.165, 1.54) is 28.7 Å². The highest BCUT2D eigenvalue weighted by Gasteiger charge is 2.15. The molecule has 9 nitrogen and oxygen atoms in total. The van der Waals surface area contributed by atoms with Crippen molar-refractivity contribution in [3.05, 3.63) is 58.8 Å². The van der Waals surface area contributed by atoms with E-state index in [4.69, 9.17) is 0 Å². The van der Waals surface area contributed by atoms with E-state index in [1.807, 2.05) is 13.0 Å². The number of benzene rings is 1. The Morgan fingerprint density at radius 1 is 1.07 bits per heavy atom. The number of carbonyl (C=O) groups excluding carboxylic acids is 3. The van der Waals surface area contributed by atoms with Gasteiger partial charge in [-0.2, -0.15) is 5.10 Å². The van der Waals surface area contributed by atoms with Crippen LogP contribution in [0.15, 0.2) is 49.1 Å². The molecule has 10 heteroatoms. The maximum absolute atomic E-state index is 12.2. The van der Waals surface area contributed by atoms with E-state index >= 15 is 0 Å². The van der Waals surface area contributed by atoms with Crippen LogP contribution in [0.4, 0.5) is 11.4 Å². The van der Waals surface area contributed by atoms with Gasteiger partial charge in [-0.05, 0) is 50.2 Å². The summed E-state index contributed by atoms with van der Waals surface area (Å²) in [6.45, 7) is 3.49. The van der Waals surface area contributed by atoms with Gasteiger partial charge in [-0.3, -0.25) is 14.4 Å². The number of nitrogens with zero attached hydrogens (tertiary/aromatic N) is 3. The first-order valence-corrected chi connectivity index (χ1v) is 9.63. The highest BCUT2D eigenvalue weighted by Crippen LogP contribution is 2.16. The molecule has 1 aromatic carbocycles. The zero-order chi connectivity index (χ0) is 20.8. The van der Waals surface area contributed by atoms with E-state index in [2.05, 4.69) is 26.0 Å². The molecule has 0 unspecified atom stereocenters. The van der Waals surface area contributed by atoms with Gasteiger partial charge in [0.25, 0.3) is 5.91 Å². The van der Waals surface area contributed by atoms with Crippen LogP contribution < -0.4 is 16.0 Å². The quantitative estimate of drug-likeness (QED) is 0.550. The second-order valence-corrected chi connectivity index (χ2v) is 7.55. The van der Waals surface area contributed by atoms with Crippen molar-refractivity contribution in [3.63, 3.8) is 0 Å². The summed E-state index contributed by atoms with van der Waals surface area (Å²) >= 11 is 1.37. The molecule has 0 spiro atoms. The van der Waals surface area contributed by atoms with Crippen molar-refractivity contribution >= 4 is 40.4 Å². The number of hydrogen-bond acceptors (Lipinski definition) is 6. The Kier molecular flexibility index (Phi) is 6.35. The van der Waals surface area contributed by atoms with Crippen LogP contribution in [-0.2, 0) is 9.59 Å². The van der Waals surface area contributed by atoms with Gasteiger partial charge < -0.3 is 16.0 Å². The third-order valence-electron chi connectivity index (χ3n) is 4.02. The third kappa shape index (κ3) is 5.48. The van der Waals surface area contributed by atoms with Gasteiger partial charge in [0, 0.05) is 16.3 Å². The summed E-state index contributed by atoms with van der Waals surface area (Å²) in [4.78, 5) is 41.7. The molecule has 2 aromatic heterocycles. The Balaban J connectivity index is 1.47. The van der Waals surface area contributed by atoms with E-state index in [9.17, 15) is 14.4 Å². The first-order chi connectivity index (χ1) is 13.9. The minimum atomic E-state index is -0.507. The van der Waals surface area contributed by atoms with Gasteiger partial charge in [0.1, 0.15) is 18.7 Å². The summed E-state index contributed by atoms with van der Waals surface area (Å²) in [6, 6.07) is 9.75. The maximum atomic E-state index is 12.2. The monoisotopic (exact) mass is 412 g/mol. The zero-order valence-corrected chi connectivity index (χ0v) is 16.7. The van der Waals surface area contributed by atoms with Crippen molar-refractivity contribution < 1.29 is 14.4 Å². The summed E-state index contributed by atoms with van der Waals surface area (Å²) < 4.78 is 1.45. The minimum absolute atomic E-state index is 0.135. The summed E-state index contributed by atoms with van der Waals surface area (Å²) in [5.41, 5.74) is 1.14. The fraction of sp³-hybridized carbons (Fsp3) is 0.211. The molecule has 3 amide bonds. The van der Waals surface area contributed by atoms with Crippen LogP contribution in [0.2, 0.25) is 0 Å². The Morgan fingerprint density at radius 2 is 1.76 bits per heavy atom. The zero-order valence-electron chi connectivity index (χ0n) is 15.9. The van der Waals surface area contributed by atoms with Crippen molar-refractivity contribution in [2.75, 3.05) is 17.2 Å². The number of thiophene rings is 1. The van der Waals surface area contributed by atoms with Gasteiger partial charge in [-0.1, -0.05) is 0 Å². The lowest BCUT2D eigenvalue weighted by Crippen LogP contribution is -2.32. The van der Waals surface area contributed by atoms with Gasteiger partial charge in [-0.15, -0.1) is 11.3 Å². The first kappa shape index (κ1) is 20.2. The van der Waals surface area contributed by atoms with Gasteiger partial charge in [0.15, 0.2) is 0 Å². The average molecular weight is 412 g/mol. The molecule has 1 atom stereocenters.